The van der Waals surface area contributed by atoms with Crippen molar-refractivity contribution in [2.75, 3.05) is 31.2 Å². The monoisotopic (exact) mass is 426 g/mol. The highest BCUT2D eigenvalue weighted by molar-refractivity contribution is 6.35. The van der Waals surface area contributed by atoms with Crippen molar-refractivity contribution in [1.82, 2.24) is 15.3 Å². The molecule has 4 rings (SSSR count). The van der Waals surface area contributed by atoms with Crippen molar-refractivity contribution >= 4 is 34.2 Å². The lowest BCUT2D eigenvalue weighted by Crippen LogP contribution is -2.41. The van der Waals surface area contributed by atoms with Crippen molar-refractivity contribution < 1.29 is 14.3 Å². The van der Waals surface area contributed by atoms with Gasteiger partial charge in [-0.3, -0.25) is 9.78 Å². The molecule has 3 aromatic rings. The maximum atomic E-state index is 12.2. The molecule has 0 radical (unpaired) electrons. The Kier molecular flexibility index (Phi) is 6.30. The summed E-state index contributed by atoms with van der Waals surface area (Å²) in [7, 11) is 0. The van der Waals surface area contributed by atoms with Gasteiger partial charge in [-0.15, -0.1) is 0 Å². The maximum absolute atomic E-state index is 12.2. The molecule has 7 nitrogen and oxygen atoms in total. The molecule has 1 saturated heterocycles. The molecule has 1 amide bonds. The molecule has 1 aliphatic heterocycles. The quantitative estimate of drug-likeness (QED) is 0.652. The van der Waals surface area contributed by atoms with Crippen LogP contribution in [0, 0.1) is 0 Å². The van der Waals surface area contributed by atoms with Gasteiger partial charge in [0.15, 0.2) is 6.61 Å². The number of nitrogens with zero attached hydrogens (tertiary/aromatic N) is 3. The zero-order valence-electron chi connectivity index (χ0n) is 16.7. The van der Waals surface area contributed by atoms with E-state index >= 15 is 0 Å². The summed E-state index contributed by atoms with van der Waals surface area (Å²) in [5, 5.41) is 4.24. The normalized spacial score (nSPS) is 16.5. The molecule has 30 heavy (non-hydrogen) atoms. The molecule has 1 aromatic carbocycles. The number of carbonyl (C=O) groups excluding carboxylic acids is 1. The minimum absolute atomic E-state index is 0.107. The first-order chi connectivity index (χ1) is 14.6. The molecule has 156 valence electrons. The molecule has 0 spiro atoms. The number of amides is 1. The van der Waals surface area contributed by atoms with Gasteiger partial charge in [0.1, 0.15) is 17.1 Å². The Bertz CT molecular complexity index is 1030. The number of morpholine rings is 1. The van der Waals surface area contributed by atoms with E-state index in [0.29, 0.717) is 29.4 Å². The van der Waals surface area contributed by atoms with Crippen molar-refractivity contribution in [3.05, 3.63) is 59.4 Å². The fourth-order valence-electron chi connectivity index (χ4n) is 3.36. The van der Waals surface area contributed by atoms with Gasteiger partial charge in [-0.25, -0.2) is 4.98 Å². The van der Waals surface area contributed by atoms with Crippen molar-refractivity contribution in [1.29, 1.82) is 0 Å². The average molecular weight is 427 g/mol. The summed E-state index contributed by atoms with van der Waals surface area (Å²) in [4.78, 5) is 23.2. The van der Waals surface area contributed by atoms with Crippen LogP contribution in [0.25, 0.3) is 10.9 Å². The van der Waals surface area contributed by atoms with Crippen LogP contribution in [0.15, 0.2) is 48.8 Å². The van der Waals surface area contributed by atoms with E-state index in [-0.39, 0.29) is 18.6 Å². The van der Waals surface area contributed by atoms with Gasteiger partial charge >= 0.3 is 0 Å². The molecule has 0 aliphatic carbocycles. The lowest BCUT2D eigenvalue weighted by Gasteiger charge is -2.32. The van der Waals surface area contributed by atoms with E-state index in [1.165, 1.54) is 0 Å². The van der Waals surface area contributed by atoms with E-state index in [1.807, 2.05) is 24.3 Å². The zero-order valence-corrected chi connectivity index (χ0v) is 17.4. The maximum Gasteiger partial charge on any atom is 0.258 e. The van der Waals surface area contributed by atoms with Gasteiger partial charge in [0.2, 0.25) is 0 Å². The lowest BCUT2D eigenvalue weighted by molar-refractivity contribution is -0.123. The molecule has 1 fully saturated rings. The molecule has 1 N–H and O–H groups in total. The first-order valence-electron chi connectivity index (χ1n) is 9.84. The molecule has 1 unspecified atom stereocenters. The predicted octanol–water partition coefficient (Wildman–Crippen LogP) is 3.20. The van der Waals surface area contributed by atoms with E-state index in [4.69, 9.17) is 21.1 Å². The van der Waals surface area contributed by atoms with Crippen LogP contribution in [-0.4, -0.2) is 48.3 Å². The fraction of sp³-hybridized carbons (Fsp3) is 0.318. The second-order valence-electron chi connectivity index (χ2n) is 7.16. The largest absolute Gasteiger partial charge is 0.481 e. The van der Waals surface area contributed by atoms with Crippen molar-refractivity contribution in [3.8, 4) is 5.75 Å². The molecule has 0 bridgehead atoms. The van der Waals surface area contributed by atoms with E-state index in [1.54, 1.807) is 24.5 Å². The lowest BCUT2D eigenvalue weighted by atomic mass is 10.2. The van der Waals surface area contributed by atoms with Gasteiger partial charge in [-0.2, -0.15) is 0 Å². The molecule has 1 atom stereocenters. The number of carbonyl (C=O) groups is 1. The summed E-state index contributed by atoms with van der Waals surface area (Å²) in [5.41, 5.74) is 1.56. The minimum atomic E-state index is -0.222. The van der Waals surface area contributed by atoms with Crippen LogP contribution in [0.3, 0.4) is 0 Å². The number of rotatable bonds is 6. The predicted molar refractivity (Wildman–Crippen MR) is 116 cm³/mol. The number of pyridine rings is 2. The van der Waals surface area contributed by atoms with Gasteiger partial charge < -0.3 is 19.7 Å². The number of halogens is 1. The summed E-state index contributed by atoms with van der Waals surface area (Å²) in [6.45, 7) is 4.70. The van der Waals surface area contributed by atoms with Gasteiger partial charge in [0.05, 0.1) is 17.7 Å². The Morgan fingerprint density at radius 2 is 2.20 bits per heavy atom. The third kappa shape index (κ3) is 4.80. The number of fused-ring (bicyclic) bond motifs is 1. The van der Waals surface area contributed by atoms with Gasteiger partial charge in [0, 0.05) is 37.4 Å². The second-order valence-corrected chi connectivity index (χ2v) is 7.57. The van der Waals surface area contributed by atoms with Crippen molar-refractivity contribution in [2.24, 2.45) is 0 Å². The van der Waals surface area contributed by atoms with Crippen LogP contribution in [-0.2, 0) is 16.1 Å². The molecule has 3 heterocycles. The molecule has 2 aromatic heterocycles. The number of anilines is 1. The van der Waals surface area contributed by atoms with E-state index in [9.17, 15) is 4.79 Å². The molecular formula is C22H23ClN4O3. The van der Waals surface area contributed by atoms with Crippen LogP contribution >= 0.6 is 11.6 Å². The first-order valence-corrected chi connectivity index (χ1v) is 10.2. The van der Waals surface area contributed by atoms with Crippen LogP contribution in [0.1, 0.15) is 12.5 Å². The third-order valence-corrected chi connectivity index (χ3v) is 5.23. The number of benzene rings is 1. The highest BCUT2D eigenvalue weighted by Gasteiger charge is 2.17. The Balaban J connectivity index is 1.30. The van der Waals surface area contributed by atoms with Crippen LogP contribution in [0.4, 0.5) is 5.82 Å². The number of aromatic nitrogens is 2. The topological polar surface area (TPSA) is 76.6 Å². The minimum Gasteiger partial charge on any atom is -0.481 e. The Labute approximate surface area is 180 Å². The molecule has 8 heteroatoms. The van der Waals surface area contributed by atoms with E-state index < -0.39 is 0 Å². The summed E-state index contributed by atoms with van der Waals surface area (Å²) in [5.74, 6) is 1.22. The molecular weight excluding hydrogens is 404 g/mol. The van der Waals surface area contributed by atoms with E-state index in [2.05, 4.69) is 27.1 Å². The van der Waals surface area contributed by atoms with Crippen LogP contribution in [0.5, 0.6) is 5.75 Å². The summed E-state index contributed by atoms with van der Waals surface area (Å²) in [6.07, 6.45) is 3.65. The smallest absolute Gasteiger partial charge is 0.258 e. The highest BCUT2D eigenvalue weighted by Crippen LogP contribution is 2.29. The van der Waals surface area contributed by atoms with Crippen molar-refractivity contribution in [2.45, 2.75) is 19.6 Å². The Morgan fingerprint density at radius 1 is 1.30 bits per heavy atom. The third-order valence-electron chi connectivity index (χ3n) is 4.90. The first kappa shape index (κ1) is 20.4. The standard InChI is InChI=1S/C22H23ClN4O3/c1-15-13-27(9-10-29-15)20-7-4-16(11-25-20)12-26-21(28)14-30-19-6-5-18(23)17-3-2-8-24-22(17)19/h2-8,11,15H,9-10,12-14H2,1H3,(H,26,28). The number of nitrogens with one attached hydrogen (secondary N) is 1. The number of ether oxygens (including phenoxy) is 2. The highest BCUT2D eigenvalue weighted by atomic mass is 35.5. The fourth-order valence-corrected chi connectivity index (χ4v) is 3.57. The molecule has 1 aliphatic rings. The Hall–Kier alpha value is -2.90. The van der Waals surface area contributed by atoms with Gasteiger partial charge in [-0.1, -0.05) is 17.7 Å². The van der Waals surface area contributed by atoms with Crippen LogP contribution < -0.4 is 15.0 Å². The Morgan fingerprint density at radius 3 is 3.00 bits per heavy atom. The number of hydrogen-bond donors (Lipinski definition) is 1. The second kappa shape index (κ2) is 9.28. The van der Waals surface area contributed by atoms with Crippen molar-refractivity contribution in [3.63, 3.8) is 0 Å². The summed E-state index contributed by atoms with van der Waals surface area (Å²) in [6, 6.07) is 11.1. The van der Waals surface area contributed by atoms with Crippen LogP contribution in [0.2, 0.25) is 5.02 Å². The summed E-state index contributed by atoms with van der Waals surface area (Å²) < 4.78 is 11.2. The van der Waals surface area contributed by atoms with Gasteiger partial charge in [0.25, 0.3) is 5.91 Å². The van der Waals surface area contributed by atoms with Gasteiger partial charge in [-0.05, 0) is 42.8 Å². The van der Waals surface area contributed by atoms with E-state index in [0.717, 1.165) is 29.9 Å². The number of hydrogen-bond acceptors (Lipinski definition) is 6. The molecule has 0 saturated carbocycles. The summed E-state index contributed by atoms with van der Waals surface area (Å²) >= 11 is 6.19. The average Bonchev–Trinajstić information content (AvgIpc) is 2.78. The zero-order chi connectivity index (χ0) is 20.9. The SMILES string of the molecule is CC1CN(c2ccc(CNC(=O)COc3ccc(Cl)c4cccnc34)cn2)CCO1.